The second kappa shape index (κ2) is 5.44. The maximum absolute atomic E-state index is 6.26. The van der Waals surface area contributed by atoms with Gasteiger partial charge in [0.1, 0.15) is 5.01 Å². The number of nitrogens with zero attached hydrogens (tertiary/aromatic N) is 3. The zero-order valence-electron chi connectivity index (χ0n) is 13.3. The lowest BCUT2D eigenvalue weighted by Gasteiger charge is -1.97. The molecule has 25 heavy (non-hydrogen) atoms. The molecule has 122 valence electrons. The summed E-state index contributed by atoms with van der Waals surface area (Å²) in [5, 5.41) is 5.87. The van der Waals surface area contributed by atoms with Crippen molar-refractivity contribution in [2.24, 2.45) is 7.05 Å². The molecule has 4 nitrogen and oxygen atoms in total. The lowest BCUT2D eigenvalue weighted by molar-refractivity contribution is 0.966. The van der Waals surface area contributed by atoms with Gasteiger partial charge in [-0.2, -0.15) is 0 Å². The van der Waals surface area contributed by atoms with E-state index in [1.807, 2.05) is 36.0 Å². The number of H-pyrrole nitrogens is 1. The number of pyridine rings is 1. The van der Waals surface area contributed by atoms with E-state index < -0.39 is 0 Å². The molecule has 0 radical (unpaired) electrons. The summed E-state index contributed by atoms with van der Waals surface area (Å²) >= 11 is 7.91. The molecule has 0 aliphatic rings. The number of aromatic nitrogens is 4. The SMILES string of the molecule is Cn1cc(-c2csc(-c3c[nH]c4ccccc34)n2)c2ccnc(Cl)c21. The van der Waals surface area contributed by atoms with Crippen LogP contribution >= 0.6 is 22.9 Å². The lowest BCUT2D eigenvalue weighted by Crippen LogP contribution is -1.85. The van der Waals surface area contributed by atoms with Crippen LogP contribution in [0.2, 0.25) is 5.15 Å². The van der Waals surface area contributed by atoms with Gasteiger partial charge in [-0.1, -0.05) is 29.8 Å². The predicted octanol–water partition coefficient (Wildman–Crippen LogP) is 5.50. The van der Waals surface area contributed by atoms with Crippen molar-refractivity contribution in [2.45, 2.75) is 0 Å². The predicted molar refractivity (Wildman–Crippen MR) is 104 cm³/mol. The van der Waals surface area contributed by atoms with Gasteiger partial charge in [0.2, 0.25) is 0 Å². The zero-order chi connectivity index (χ0) is 17.0. The van der Waals surface area contributed by atoms with E-state index >= 15 is 0 Å². The van der Waals surface area contributed by atoms with E-state index in [4.69, 9.17) is 16.6 Å². The van der Waals surface area contributed by atoms with Gasteiger partial charge in [0.25, 0.3) is 0 Å². The van der Waals surface area contributed by atoms with Crippen LogP contribution in [-0.2, 0) is 7.05 Å². The Bertz CT molecular complexity index is 1230. The average molecular weight is 365 g/mol. The molecule has 0 amide bonds. The van der Waals surface area contributed by atoms with Crippen molar-refractivity contribution < 1.29 is 0 Å². The Morgan fingerprint density at radius 2 is 2.00 bits per heavy atom. The Labute approximate surface area is 152 Å². The number of hydrogen-bond donors (Lipinski definition) is 1. The Balaban J connectivity index is 1.68. The van der Waals surface area contributed by atoms with E-state index in [1.54, 1.807) is 17.5 Å². The summed E-state index contributed by atoms with van der Waals surface area (Å²) in [6, 6.07) is 10.3. The standard InChI is InChI=1S/C19H13ClN4S/c1-24-9-14(12-6-7-21-18(20)17(12)24)16-10-25-19(23-16)13-8-22-15-5-3-2-4-11(13)15/h2-10,22H,1H3. The van der Waals surface area contributed by atoms with Crippen LogP contribution in [0, 0.1) is 0 Å². The Hall–Kier alpha value is -2.63. The number of nitrogens with one attached hydrogen (secondary N) is 1. The molecule has 0 saturated heterocycles. The van der Waals surface area contributed by atoms with E-state index in [0.717, 1.165) is 38.2 Å². The van der Waals surface area contributed by atoms with Gasteiger partial charge in [0.15, 0.2) is 5.15 Å². The van der Waals surface area contributed by atoms with Crippen LogP contribution in [0.1, 0.15) is 0 Å². The molecular weight excluding hydrogens is 352 g/mol. The van der Waals surface area contributed by atoms with Gasteiger partial charge < -0.3 is 9.55 Å². The molecule has 0 saturated carbocycles. The first-order valence-corrected chi connectivity index (χ1v) is 9.10. The van der Waals surface area contributed by atoms with E-state index in [0.29, 0.717) is 5.15 Å². The minimum atomic E-state index is 0.512. The summed E-state index contributed by atoms with van der Waals surface area (Å²) in [6.07, 6.45) is 5.82. The largest absolute Gasteiger partial charge is 0.360 e. The number of rotatable bonds is 2. The second-order valence-corrected chi connectivity index (χ2v) is 7.15. The van der Waals surface area contributed by atoms with Crippen molar-refractivity contribution in [3.8, 4) is 21.8 Å². The van der Waals surface area contributed by atoms with Crippen LogP contribution < -0.4 is 0 Å². The molecule has 0 bridgehead atoms. The molecule has 4 aromatic heterocycles. The van der Waals surface area contributed by atoms with Gasteiger partial charge in [-0.3, -0.25) is 0 Å². The summed E-state index contributed by atoms with van der Waals surface area (Å²) in [7, 11) is 1.98. The number of hydrogen-bond acceptors (Lipinski definition) is 3. The highest BCUT2D eigenvalue weighted by Gasteiger charge is 2.16. The molecule has 5 aromatic rings. The maximum atomic E-state index is 6.26. The van der Waals surface area contributed by atoms with Crippen LogP contribution in [0.5, 0.6) is 0 Å². The fourth-order valence-corrected chi connectivity index (χ4v) is 4.42. The lowest BCUT2D eigenvalue weighted by atomic mass is 10.1. The number of aryl methyl sites for hydroxylation is 1. The summed E-state index contributed by atoms with van der Waals surface area (Å²) in [5.74, 6) is 0. The van der Waals surface area contributed by atoms with Crippen LogP contribution in [0.3, 0.4) is 0 Å². The number of halogens is 1. The van der Waals surface area contributed by atoms with Crippen molar-refractivity contribution in [3.05, 3.63) is 59.5 Å². The fraction of sp³-hybridized carbons (Fsp3) is 0.0526. The number of aromatic amines is 1. The minimum Gasteiger partial charge on any atom is -0.360 e. The molecule has 0 aliphatic heterocycles. The third-order valence-corrected chi connectivity index (χ3v) is 5.60. The van der Waals surface area contributed by atoms with Gasteiger partial charge in [-0.15, -0.1) is 11.3 Å². The van der Waals surface area contributed by atoms with Crippen molar-refractivity contribution in [1.29, 1.82) is 0 Å². The Morgan fingerprint density at radius 1 is 1.12 bits per heavy atom. The molecule has 1 aromatic carbocycles. The van der Waals surface area contributed by atoms with Gasteiger partial charge in [0, 0.05) is 58.4 Å². The first-order valence-electron chi connectivity index (χ1n) is 7.84. The van der Waals surface area contributed by atoms with E-state index in [-0.39, 0.29) is 0 Å². The maximum Gasteiger partial charge on any atom is 0.153 e. The molecule has 6 heteroatoms. The Morgan fingerprint density at radius 3 is 2.92 bits per heavy atom. The molecule has 0 fully saturated rings. The number of fused-ring (bicyclic) bond motifs is 2. The quantitative estimate of drug-likeness (QED) is 0.420. The first kappa shape index (κ1) is 14.7. The summed E-state index contributed by atoms with van der Waals surface area (Å²) in [6.45, 7) is 0. The topological polar surface area (TPSA) is 46.5 Å². The van der Waals surface area contributed by atoms with Crippen LogP contribution in [0.4, 0.5) is 0 Å². The zero-order valence-corrected chi connectivity index (χ0v) is 14.9. The summed E-state index contributed by atoms with van der Waals surface area (Å²) in [4.78, 5) is 12.4. The molecule has 0 aliphatic carbocycles. The van der Waals surface area contributed by atoms with Crippen molar-refractivity contribution in [3.63, 3.8) is 0 Å². The normalized spacial score (nSPS) is 11.6. The third-order valence-electron chi connectivity index (χ3n) is 4.45. The number of thiazole rings is 1. The van der Waals surface area contributed by atoms with Gasteiger partial charge in [-0.25, -0.2) is 9.97 Å². The van der Waals surface area contributed by atoms with Crippen LogP contribution in [0.15, 0.2) is 54.3 Å². The molecule has 0 unspecified atom stereocenters. The Kier molecular flexibility index (Phi) is 3.20. The molecule has 1 N–H and O–H groups in total. The number of benzene rings is 1. The molecule has 4 heterocycles. The van der Waals surface area contributed by atoms with Crippen LogP contribution in [0.25, 0.3) is 43.6 Å². The summed E-state index contributed by atoms with van der Waals surface area (Å²) < 4.78 is 2.00. The van der Waals surface area contributed by atoms with Gasteiger partial charge in [-0.05, 0) is 12.1 Å². The van der Waals surface area contributed by atoms with E-state index in [2.05, 4.69) is 33.7 Å². The van der Waals surface area contributed by atoms with Crippen molar-refractivity contribution in [2.75, 3.05) is 0 Å². The average Bonchev–Trinajstić information content (AvgIpc) is 3.32. The van der Waals surface area contributed by atoms with Gasteiger partial charge in [0.05, 0.1) is 11.2 Å². The smallest absolute Gasteiger partial charge is 0.153 e. The highest BCUT2D eigenvalue weighted by atomic mass is 35.5. The fourth-order valence-electron chi connectivity index (χ4n) is 3.28. The van der Waals surface area contributed by atoms with Crippen molar-refractivity contribution >= 4 is 44.7 Å². The molecule has 0 spiro atoms. The van der Waals surface area contributed by atoms with E-state index in [1.165, 1.54) is 5.39 Å². The monoisotopic (exact) mass is 364 g/mol. The highest BCUT2D eigenvalue weighted by molar-refractivity contribution is 7.13. The molecular formula is C19H13ClN4S. The van der Waals surface area contributed by atoms with Crippen molar-refractivity contribution in [1.82, 2.24) is 19.5 Å². The first-order chi connectivity index (χ1) is 12.2. The third kappa shape index (κ3) is 2.20. The molecule has 0 atom stereocenters. The summed E-state index contributed by atoms with van der Waals surface area (Å²) in [5.41, 5.74) is 5.21. The minimum absolute atomic E-state index is 0.512. The molecule has 5 rings (SSSR count). The number of para-hydroxylation sites is 1. The van der Waals surface area contributed by atoms with Gasteiger partial charge >= 0.3 is 0 Å². The van der Waals surface area contributed by atoms with Crippen LogP contribution in [-0.4, -0.2) is 19.5 Å². The second-order valence-electron chi connectivity index (χ2n) is 5.94. The highest BCUT2D eigenvalue weighted by Crippen LogP contribution is 2.37. The van der Waals surface area contributed by atoms with E-state index in [9.17, 15) is 0 Å².